The van der Waals surface area contributed by atoms with E-state index in [-0.39, 0.29) is 5.41 Å². The van der Waals surface area contributed by atoms with Gasteiger partial charge in [0.1, 0.15) is 5.75 Å². The van der Waals surface area contributed by atoms with Crippen molar-refractivity contribution >= 4 is 11.9 Å². The highest BCUT2D eigenvalue weighted by Gasteiger charge is 2.56. The van der Waals surface area contributed by atoms with Crippen molar-refractivity contribution in [1.82, 2.24) is 0 Å². The van der Waals surface area contributed by atoms with Gasteiger partial charge in [0.05, 0.1) is 11.6 Å². The average molecular weight is 383 g/mol. The normalized spacial score (nSPS) is 31.7. The first-order chi connectivity index (χ1) is 14.0. The molecule has 3 nitrogen and oxygen atoms in total. The maximum absolute atomic E-state index is 13.4. The van der Waals surface area contributed by atoms with E-state index in [2.05, 4.69) is 19.1 Å². The lowest BCUT2D eigenvalue weighted by Gasteiger charge is -2.48. The van der Waals surface area contributed by atoms with Crippen LogP contribution >= 0.6 is 0 Å². The fraction of sp³-hybridized carbons (Fsp3) is 0.385. The Kier molecular flexibility index (Phi) is 4.13. The smallest absolute Gasteiger partial charge is 0.165 e. The van der Waals surface area contributed by atoms with Crippen molar-refractivity contribution in [2.45, 2.75) is 44.9 Å². The zero-order chi connectivity index (χ0) is 20.2. The number of allylic oxidation sites excluding steroid dienone is 1. The number of hydrogen-bond donors (Lipinski definition) is 1. The molecule has 0 spiro atoms. The minimum Gasteiger partial charge on any atom is -0.508 e. The third kappa shape index (κ3) is 2.82. The Morgan fingerprint density at radius 3 is 2.72 bits per heavy atom. The van der Waals surface area contributed by atoms with Crippen LogP contribution in [-0.2, 0) is 11.2 Å². The first kappa shape index (κ1) is 18.2. The number of carbonyl (C=O) groups excluding carboxylic acids is 1. The van der Waals surface area contributed by atoms with Crippen molar-refractivity contribution in [3.8, 4) is 11.8 Å². The van der Waals surface area contributed by atoms with Crippen LogP contribution in [0.1, 0.15) is 60.8 Å². The summed E-state index contributed by atoms with van der Waals surface area (Å²) in [5.74, 6) is 2.09. The Balaban J connectivity index is 1.47. The van der Waals surface area contributed by atoms with Gasteiger partial charge in [-0.05, 0) is 102 Å². The molecular weight excluding hydrogens is 358 g/mol. The molecule has 29 heavy (non-hydrogen) atoms. The number of nitrogens with zero attached hydrogens (tertiary/aromatic N) is 1. The first-order valence-corrected chi connectivity index (χ1v) is 10.6. The van der Waals surface area contributed by atoms with Crippen LogP contribution in [0.2, 0.25) is 0 Å². The van der Waals surface area contributed by atoms with Crippen molar-refractivity contribution in [3.05, 3.63) is 70.3 Å². The fourth-order valence-corrected chi connectivity index (χ4v) is 6.22. The molecule has 0 aliphatic heterocycles. The summed E-state index contributed by atoms with van der Waals surface area (Å²) in [6, 6.07) is 15.5. The molecule has 0 aromatic heterocycles. The molecule has 0 bridgehead atoms. The van der Waals surface area contributed by atoms with E-state index in [1.165, 1.54) is 11.1 Å². The Morgan fingerprint density at radius 2 is 1.97 bits per heavy atom. The number of Topliss-reactive ketones (excluding diaryl/α,β-unsaturated/α-hetero) is 1. The van der Waals surface area contributed by atoms with Crippen molar-refractivity contribution in [2.75, 3.05) is 0 Å². The second kappa shape index (κ2) is 6.59. The van der Waals surface area contributed by atoms with Crippen LogP contribution in [0, 0.1) is 28.6 Å². The predicted octanol–water partition coefficient (Wildman–Crippen LogP) is 5.38. The third-order valence-electron chi connectivity index (χ3n) is 7.73. The van der Waals surface area contributed by atoms with Gasteiger partial charge in [0.15, 0.2) is 5.78 Å². The van der Waals surface area contributed by atoms with Gasteiger partial charge in [-0.15, -0.1) is 0 Å². The number of phenolic OH excluding ortho intramolecular Hbond substituents is 1. The molecule has 0 amide bonds. The highest BCUT2D eigenvalue weighted by Crippen LogP contribution is 2.60. The molecule has 0 heterocycles. The summed E-state index contributed by atoms with van der Waals surface area (Å²) in [5.41, 5.74) is 4.99. The van der Waals surface area contributed by atoms with E-state index >= 15 is 0 Å². The van der Waals surface area contributed by atoms with E-state index < -0.39 is 0 Å². The van der Waals surface area contributed by atoms with Crippen molar-refractivity contribution in [3.63, 3.8) is 0 Å². The van der Waals surface area contributed by atoms with Crippen molar-refractivity contribution in [2.24, 2.45) is 17.3 Å². The van der Waals surface area contributed by atoms with Crippen molar-refractivity contribution in [1.29, 1.82) is 5.26 Å². The van der Waals surface area contributed by atoms with E-state index in [1.54, 1.807) is 0 Å². The summed E-state index contributed by atoms with van der Waals surface area (Å²) in [7, 11) is 0. The van der Waals surface area contributed by atoms with Crippen molar-refractivity contribution < 1.29 is 9.90 Å². The number of rotatable bonds is 1. The maximum atomic E-state index is 13.4. The van der Waals surface area contributed by atoms with Gasteiger partial charge < -0.3 is 5.11 Å². The molecule has 5 rings (SSSR count). The van der Waals surface area contributed by atoms with Gasteiger partial charge >= 0.3 is 0 Å². The van der Waals surface area contributed by atoms with E-state index in [1.807, 2.05) is 42.5 Å². The molecule has 2 aromatic carbocycles. The predicted molar refractivity (Wildman–Crippen MR) is 112 cm³/mol. The summed E-state index contributed by atoms with van der Waals surface area (Å²) in [4.78, 5) is 13.4. The Labute approximate surface area is 171 Å². The largest absolute Gasteiger partial charge is 0.508 e. The van der Waals surface area contributed by atoms with E-state index in [0.717, 1.165) is 43.2 Å². The standard InChI is InChI=1S/C26H25NO2/c1-26-11-10-22-21-9-7-20(28)13-18(21)6-8-23(22)24(26)14-19(25(26)29)12-16-2-4-17(15-27)5-3-16/h2-5,7,9,12-13,22-24,28H,6,8,10-11,14H2,1H3/b19-12+. The Bertz CT molecular complexity index is 1060. The number of fused-ring (bicyclic) bond motifs is 5. The fourth-order valence-electron chi connectivity index (χ4n) is 6.22. The summed E-state index contributed by atoms with van der Waals surface area (Å²) < 4.78 is 0. The number of carbonyl (C=O) groups is 1. The first-order valence-electron chi connectivity index (χ1n) is 10.6. The number of phenols is 1. The molecule has 4 unspecified atom stereocenters. The van der Waals surface area contributed by atoms with Gasteiger partial charge in [0.2, 0.25) is 0 Å². The lowest BCUT2D eigenvalue weighted by Crippen LogP contribution is -2.42. The molecule has 0 saturated heterocycles. The molecule has 1 N–H and O–H groups in total. The second-order valence-electron chi connectivity index (χ2n) is 9.19. The number of nitriles is 1. The summed E-state index contributed by atoms with van der Waals surface area (Å²) in [5, 5.41) is 18.8. The lowest BCUT2D eigenvalue weighted by atomic mass is 9.55. The number of aromatic hydroxyl groups is 1. The zero-order valence-electron chi connectivity index (χ0n) is 16.7. The van der Waals surface area contributed by atoms with Gasteiger partial charge in [0.25, 0.3) is 0 Å². The van der Waals surface area contributed by atoms with Gasteiger partial charge in [0, 0.05) is 5.41 Å². The van der Waals surface area contributed by atoms with Gasteiger partial charge in [-0.3, -0.25) is 4.79 Å². The topological polar surface area (TPSA) is 61.1 Å². The quantitative estimate of drug-likeness (QED) is 0.672. The minimum atomic E-state index is -0.256. The van der Waals surface area contributed by atoms with Crippen LogP contribution in [0.25, 0.3) is 6.08 Å². The van der Waals surface area contributed by atoms with Crippen LogP contribution in [0.3, 0.4) is 0 Å². The van der Waals surface area contributed by atoms with E-state index in [9.17, 15) is 9.90 Å². The maximum Gasteiger partial charge on any atom is 0.165 e. The van der Waals surface area contributed by atoms with Crippen LogP contribution in [0.5, 0.6) is 5.75 Å². The lowest BCUT2D eigenvalue weighted by molar-refractivity contribution is -0.127. The molecule has 2 aromatic rings. The monoisotopic (exact) mass is 383 g/mol. The number of hydrogen-bond acceptors (Lipinski definition) is 3. The molecule has 3 aliphatic rings. The molecule has 146 valence electrons. The van der Waals surface area contributed by atoms with Gasteiger partial charge in [-0.1, -0.05) is 25.1 Å². The molecule has 3 aliphatic carbocycles. The summed E-state index contributed by atoms with van der Waals surface area (Å²) in [6.45, 7) is 2.18. The molecule has 2 fully saturated rings. The highest BCUT2D eigenvalue weighted by atomic mass is 16.3. The molecule has 0 radical (unpaired) electrons. The van der Waals surface area contributed by atoms with Gasteiger partial charge in [-0.25, -0.2) is 0 Å². The SMILES string of the molecule is CC12CCC3c4ccc(O)cc4CCC3C1C/C(=C\c1ccc(C#N)cc1)C2=O. The molecule has 2 saturated carbocycles. The number of ketones is 1. The number of benzene rings is 2. The van der Waals surface area contributed by atoms with Crippen LogP contribution < -0.4 is 0 Å². The molecule has 3 heteroatoms. The van der Waals surface area contributed by atoms with Crippen LogP contribution in [0.15, 0.2) is 48.0 Å². The minimum absolute atomic E-state index is 0.256. The summed E-state index contributed by atoms with van der Waals surface area (Å²) >= 11 is 0. The van der Waals surface area contributed by atoms with Gasteiger partial charge in [-0.2, -0.15) is 5.26 Å². The average Bonchev–Trinajstić information content (AvgIpc) is 2.99. The van der Waals surface area contributed by atoms with Crippen LogP contribution in [-0.4, -0.2) is 10.9 Å². The highest BCUT2D eigenvalue weighted by molar-refractivity contribution is 6.06. The Morgan fingerprint density at radius 1 is 1.17 bits per heavy atom. The third-order valence-corrected chi connectivity index (χ3v) is 7.73. The zero-order valence-corrected chi connectivity index (χ0v) is 16.7. The number of aryl methyl sites for hydroxylation is 1. The summed E-state index contributed by atoms with van der Waals surface area (Å²) in [6.07, 6.45) is 6.95. The molecular formula is C26H25NO2. The Hall–Kier alpha value is -2.86. The molecule has 4 atom stereocenters. The van der Waals surface area contributed by atoms with E-state index in [0.29, 0.717) is 34.8 Å². The second-order valence-corrected chi connectivity index (χ2v) is 9.19. The van der Waals surface area contributed by atoms with E-state index in [4.69, 9.17) is 5.26 Å². The van der Waals surface area contributed by atoms with Crippen LogP contribution in [0.4, 0.5) is 0 Å².